The Kier molecular flexibility index (Phi) is 5.50. The SMILES string of the molecule is COc1ccc(NS(=O)(=O)c2ccc(NC=C(C#N)C#N)cc2)nn1. The zero-order chi connectivity index (χ0) is 18.3. The molecule has 0 aliphatic carbocycles. The molecule has 0 bridgehead atoms. The van der Waals surface area contributed by atoms with Crippen LogP contribution in [0.4, 0.5) is 11.5 Å². The molecule has 2 rings (SSSR count). The van der Waals surface area contributed by atoms with E-state index < -0.39 is 10.0 Å². The average molecular weight is 356 g/mol. The Morgan fingerprint density at radius 1 is 1.12 bits per heavy atom. The number of sulfonamides is 1. The molecule has 0 fully saturated rings. The van der Waals surface area contributed by atoms with Crippen LogP contribution in [0.1, 0.15) is 0 Å². The molecule has 1 aromatic heterocycles. The van der Waals surface area contributed by atoms with Gasteiger partial charge in [0.15, 0.2) is 5.82 Å². The molecule has 0 unspecified atom stereocenters. The van der Waals surface area contributed by atoms with Crippen molar-refractivity contribution in [1.29, 1.82) is 10.5 Å². The Balaban J connectivity index is 2.13. The number of hydrogen-bond acceptors (Lipinski definition) is 8. The maximum Gasteiger partial charge on any atom is 0.263 e. The highest BCUT2D eigenvalue weighted by molar-refractivity contribution is 7.92. The number of allylic oxidation sites excluding steroid dienone is 1. The average Bonchev–Trinajstić information content (AvgIpc) is 2.63. The lowest BCUT2D eigenvalue weighted by atomic mass is 10.3. The van der Waals surface area contributed by atoms with Gasteiger partial charge >= 0.3 is 0 Å². The summed E-state index contributed by atoms with van der Waals surface area (Å²) in [4.78, 5) is 0.0143. The molecule has 0 atom stereocenters. The minimum atomic E-state index is -3.83. The van der Waals surface area contributed by atoms with Gasteiger partial charge in [-0.15, -0.1) is 10.2 Å². The van der Waals surface area contributed by atoms with Crippen LogP contribution in [0.2, 0.25) is 0 Å². The van der Waals surface area contributed by atoms with Gasteiger partial charge < -0.3 is 10.1 Å². The van der Waals surface area contributed by atoms with E-state index in [-0.39, 0.29) is 22.2 Å². The van der Waals surface area contributed by atoms with E-state index in [4.69, 9.17) is 15.3 Å². The summed E-state index contributed by atoms with van der Waals surface area (Å²) in [6, 6.07) is 12.0. The number of methoxy groups -OCH3 is 1. The Labute approximate surface area is 144 Å². The molecule has 2 N–H and O–H groups in total. The van der Waals surface area contributed by atoms with E-state index >= 15 is 0 Å². The summed E-state index contributed by atoms with van der Waals surface area (Å²) in [6.07, 6.45) is 1.23. The number of nitrogens with zero attached hydrogens (tertiary/aromatic N) is 4. The van der Waals surface area contributed by atoms with E-state index in [0.717, 1.165) is 0 Å². The lowest BCUT2D eigenvalue weighted by molar-refractivity contribution is 0.392. The molecular weight excluding hydrogens is 344 g/mol. The monoisotopic (exact) mass is 356 g/mol. The van der Waals surface area contributed by atoms with E-state index in [2.05, 4.69) is 20.2 Å². The molecule has 25 heavy (non-hydrogen) atoms. The van der Waals surface area contributed by atoms with Crippen LogP contribution in [0.25, 0.3) is 0 Å². The van der Waals surface area contributed by atoms with Gasteiger partial charge in [0.05, 0.1) is 12.0 Å². The maximum atomic E-state index is 12.3. The third-order valence-electron chi connectivity index (χ3n) is 2.88. The normalized spacial score (nSPS) is 10.0. The summed E-state index contributed by atoms with van der Waals surface area (Å²) >= 11 is 0. The first-order valence-electron chi connectivity index (χ1n) is 6.76. The smallest absolute Gasteiger partial charge is 0.263 e. The van der Waals surface area contributed by atoms with Gasteiger partial charge in [0.25, 0.3) is 10.0 Å². The number of hydrogen-bond donors (Lipinski definition) is 2. The Hall–Kier alpha value is -3.63. The molecule has 0 spiro atoms. The third kappa shape index (κ3) is 4.67. The van der Waals surface area contributed by atoms with Crippen molar-refractivity contribution in [3.8, 4) is 18.0 Å². The van der Waals surface area contributed by atoms with Gasteiger partial charge in [-0.05, 0) is 30.3 Å². The largest absolute Gasteiger partial charge is 0.480 e. The second-order valence-corrected chi connectivity index (χ2v) is 6.20. The van der Waals surface area contributed by atoms with Crippen molar-refractivity contribution in [2.45, 2.75) is 4.90 Å². The number of rotatable bonds is 6. The molecule has 126 valence electrons. The van der Waals surface area contributed by atoms with Crippen LogP contribution in [0.15, 0.2) is 53.1 Å². The summed E-state index contributed by atoms with van der Waals surface area (Å²) in [5, 5.41) is 27.4. The Morgan fingerprint density at radius 3 is 2.32 bits per heavy atom. The van der Waals surface area contributed by atoms with E-state index in [9.17, 15) is 8.42 Å². The van der Waals surface area contributed by atoms with Crippen LogP contribution >= 0.6 is 0 Å². The van der Waals surface area contributed by atoms with Crippen LogP contribution < -0.4 is 14.8 Å². The first-order chi connectivity index (χ1) is 12.0. The van der Waals surface area contributed by atoms with Crippen LogP contribution in [0.5, 0.6) is 5.88 Å². The van der Waals surface area contributed by atoms with Crippen molar-refractivity contribution < 1.29 is 13.2 Å². The molecule has 0 aliphatic heterocycles. The summed E-state index contributed by atoms with van der Waals surface area (Å²) in [6.45, 7) is 0. The van der Waals surface area contributed by atoms with E-state index in [1.165, 1.54) is 49.7 Å². The lowest BCUT2D eigenvalue weighted by Gasteiger charge is -2.08. The molecule has 0 amide bonds. The minimum Gasteiger partial charge on any atom is -0.480 e. The second kappa shape index (κ2) is 7.77. The minimum absolute atomic E-state index is 0.0143. The van der Waals surface area contributed by atoms with Crippen molar-refractivity contribution >= 4 is 21.5 Å². The summed E-state index contributed by atoms with van der Waals surface area (Å²) < 4.78 is 31.7. The highest BCUT2D eigenvalue weighted by atomic mass is 32.2. The number of ether oxygens (including phenoxy) is 1. The van der Waals surface area contributed by atoms with Gasteiger partial charge in [0, 0.05) is 18.0 Å². The van der Waals surface area contributed by atoms with Gasteiger partial charge in [0.2, 0.25) is 5.88 Å². The van der Waals surface area contributed by atoms with Crippen LogP contribution in [-0.2, 0) is 10.0 Å². The van der Waals surface area contributed by atoms with Crippen LogP contribution in [0.3, 0.4) is 0 Å². The molecule has 1 aromatic carbocycles. The zero-order valence-electron chi connectivity index (χ0n) is 13.0. The molecule has 0 saturated carbocycles. The summed E-state index contributed by atoms with van der Waals surface area (Å²) in [5.74, 6) is 0.319. The standard InChI is InChI=1S/C15H12N6O3S/c1-24-15-7-6-14(19-20-15)21-25(22,23)13-4-2-12(3-5-13)18-10-11(8-16)9-17/h2-7,10,18H,1H3,(H,19,21). The van der Waals surface area contributed by atoms with Crippen molar-refractivity contribution in [3.05, 3.63) is 48.2 Å². The molecule has 9 nitrogen and oxygen atoms in total. The first-order valence-corrected chi connectivity index (χ1v) is 8.24. The van der Waals surface area contributed by atoms with Crippen molar-refractivity contribution in [2.75, 3.05) is 17.1 Å². The quantitative estimate of drug-likeness (QED) is 0.744. The van der Waals surface area contributed by atoms with Gasteiger partial charge in [-0.25, -0.2) is 8.42 Å². The summed E-state index contributed by atoms with van der Waals surface area (Å²) in [5.41, 5.74) is 0.419. The fraction of sp³-hybridized carbons (Fsp3) is 0.0667. The van der Waals surface area contributed by atoms with Crippen molar-refractivity contribution in [2.24, 2.45) is 0 Å². The highest BCUT2D eigenvalue weighted by Crippen LogP contribution is 2.18. The Morgan fingerprint density at radius 2 is 1.80 bits per heavy atom. The molecule has 0 radical (unpaired) electrons. The predicted octanol–water partition coefficient (Wildman–Crippen LogP) is 1.63. The molecular formula is C15H12N6O3S. The van der Waals surface area contributed by atoms with E-state index in [0.29, 0.717) is 5.69 Å². The third-order valence-corrected chi connectivity index (χ3v) is 4.25. The predicted molar refractivity (Wildman–Crippen MR) is 88.8 cm³/mol. The maximum absolute atomic E-state index is 12.3. The first kappa shape index (κ1) is 17.7. The van der Waals surface area contributed by atoms with Gasteiger partial charge in [-0.1, -0.05) is 0 Å². The zero-order valence-corrected chi connectivity index (χ0v) is 13.8. The summed E-state index contributed by atoms with van der Waals surface area (Å²) in [7, 11) is -2.41. The van der Waals surface area contributed by atoms with Gasteiger partial charge in [-0.3, -0.25) is 4.72 Å². The fourth-order valence-corrected chi connectivity index (χ4v) is 2.65. The van der Waals surface area contributed by atoms with Gasteiger partial charge in [-0.2, -0.15) is 10.5 Å². The molecule has 0 saturated heterocycles. The Bertz CT molecular complexity index is 938. The van der Waals surface area contributed by atoms with E-state index in [1.807, 2.05) is 0 Å². The highest BCUT2D eigenvalue weighted by Gasteiger charge is 2.15. The molecule has 1 heterocycles. The molecule has 0 aliphatic rings. The number of aromatic nitrogens is 2. The second-order valence-electron chi connectivity index (χ2n) is 4.52. The number of nitriles is 2. The van der Waals surface area contributed by atoms with E-state index in [1.54, 1.807) is 12.1 Å². The fourth-order valence-electron chi connectivity index (χ4n) is 1.66. The van der Waals surface area contributed by atoms with Crippen molar-refractivity contribution in [1.82, 2.24) is 10.2 Å². The lowest BCUT2D eigenvalue weighted by Crippen LogP contribution is -2.14. The number of benzene rings is 1. The van der Waals surface area contributed by atoms with Crippen molar-refractivity contribution in [3.63, 3.8) is 0 Å². The number of anilines is 2. The van der Waals surface area contributed by atoms with Crippen LogP contribution in [0, 0.1) is 22.7 Å². The molecule has 10 heteroatoms. The van der Waals surface area contributed by atoms with Gasteiger partial charge in [0.1, 0.15) is 17.7 Å². The topological polar surface area (TPSA) is 141 Å². The number of nitrogens with one attached hydrogen (secondary N) is 2. The molecule has 2 aromatic rings. The van der Waals surface area contributed by atoms with Crippen LogP contribution in [-0.4, -0.2) is 25.7 Å².